The van der Waals surface area contributed by atoms with Gasteiger partial charge in [-0.3, -0.25) is 4.79 Å². The third-order valence-corrected chi connectivity index (χ3v) is 3.14. The predicted octanol–water partition coefficient (Wildman–Crippen LogP) is 1.48. The zero-order valence-electron chi connectivity index (χ0n) is 14.6. The van der Waals surface area contributed by atoms with Crippen LogP contribution in [-0.4, -0.2) is 64.3 Å². The van der Waals surface area contributed by atoms with E-state index in [-0.39, 0.29) is 24.3 Å². The second-order valence-electron chi connectivity index (χ2n) is 5.37. The number of aryl methyl sites for hydroxylation is 1. The van der Waals surface area contributed by atoms with E-state index in [9.17, 15) is 9.59 Å². The summed E-state index contributed by atoms with van der Waals surface area (Å²) >= 11 is 0. The highest BCUT2D eigenvalue weighted by Gasteiger charge is 2.14. The largest absolute Gasteiger partial charge is 0.383 e. The van der Waals surface area contributed by atoms with E-state index in [1.807, 2.05) is 13.0 Å². The van der Waals surface area contributed by atoms with E-state index in [0.717, 1.165) is 12.1 Å². The topological polar surface area (TPSA) is 82.7 Å². The molecule has 1 rings (SSSR count). The number of hydrogen-bond acceptors (Lipinski definition) is 4. The number of ether oxygens (including phenoxy) is 1. The molecule has 3 N–H and O–H groups in total. The standard InChI is InChI=1S/C16H26N4O3.ClH/c1-12-5-6-14(19-16(22)20(2)3)13(11-12)15(21)18-8-7-17-9-10-23-4;/h5-6,11,17H,7-10H2,1-4H3,(H,18,21)(H,19,22);1H. The first-order chi connectivity index (χ1) is 11.0. The average molecular weight is 359 g/mol. The van der Waals surface area contributed by atoms with Gasteiger partial charge in [0.2, 0.25) is 0 Å². The van der Waals surface area contributed by atoms with Crippen LogP contribution in [-0.2, 0) is 4.74 Å². The summed E-state index contributed by atoms with van der Waals surface area (Å²) in [5.41, 5.74) is 1.91. The summed E-state index contributed by atoms with van der Waals surface area (Å²) in [6.45, 7) is 4.42. The number of methoxy groups -OCH3 is 1. The van der Waals surface area contributed by atoms with Gasteiger partial charge in [0.25, 0.3) is 5.91 Å². The molecule has 0 aliphatic carbocycles. The molecule has 136 valence electrons. The van der Waals surface area contributed by atoms with Crippen LogP contribution < -0.4 is 16.0 Å². The summed E-state index contributed by atoms with van der Waals surface area (Å²) < 4.78 is 4.93. The van der Waals surface area contributed by atoms with Crippen LogP contribution in [0.2, 0.25) is 0 Å². The minimum absolute atomic E-state index is 0. The van der Waals surface area contributed by atoms with E-state index >= 15 is 0 Å². The Morgan fingerprint density at radius 3 is 2.50 bits per heavy atom. The van der Waals surface area contributed by atoms with Crippen LogP contribution in [0.15, 0.2) is 18.2 Å². The molecular weight excluding hydrogens is 332 g/mol. The molecule has 7 nitrogen and oxygen atoms in total. The summed E-state index contributed by atoms with van der Waals surface area (Å²) in [6.07, 6.45) is 0. The first kappa shape index (κ1) is 22.2. The Morgan fingerprint density at radius 2 is 1.88 bits per heavy atom. The Bertz CT molecular complexity index is 538. The summed E-state index contributed by atoms with van der Waals surface area (Å²) in [5.74, 6) is -0.212. The number of hydrogen-bond donors (Lipinski definition) is 3. The van der Waals surface area contributed by atoms with Gasteiger partial charge in [0.15, 0.2) is 0 Å². The monoisotopic (exact) mass is 358 g/mol. The molecule has 1 aromatic rings. The lowest BCUT2D eigenvalue weighted by atomic mass is 10.1. The van der Waals surface area contributed by atoms with Crippen molar-refractivity contribution in [2.75, 3.05) is 52.8 Å². The molecule has 0 fully saturated rings. The molecule has 0 bridgehead atoms. The van der Waals surface area contributed by atoms with Crippen molar-refractivity contribution >= 4 is 30.0 Å². The second kappa shape index (κ2) is 11.7. The van der Waals surface area contributed by atoms with Gasteiger partial charge < -0.3 is 25.6 Å². The van der Waals surface area contributed by atoms with E-state index in [1.165, 1.54) is 4.90 Å². The van der Waals surface area contributed by atoms with E-state index < -0.39 is 0 Å². The molecule has 3 amide bonds. The van der Waals surface area contributed by atoms with E-state index in [1.54, 1.807) is 33.3 Å². The summed E-state index contributed by atoms with van der Waals surface area (Å²) in [4.78, 5) is 25.5. The minimum Gasteiger partial charge on any atom is -0.383 e. The fourth-order valence-corrected chi connectivity index (χ4v) is 1.84. The highest BCUT2D eigenvalue weighted by Crippen LogP contribution is 2.17. The molecule has 0 unspecified atom stereocenters. The van der Waals surface area contributed by atoms with Gasteiger partial charge in [-0.1, -0.05) is 11.6 Å². The third kappa shape index (κ3) is 7.63. The molecule has 0 heterocycles. The smallest absolute Gasteiger partial charge is 0.321 e. The minimum atomic E-state index is -0.274. The number of rotatable bonds is 8. The lowest BCUT2D eigenvalue weighted by Crippen LogP contribution is -2.34. The number of amides is 3. The Hall–Kier alpha value is -1.83. The molecule has 0 atom stereocenters. The number of urea groups is 1. The van der Waals surface area contributed by atoms with Crippen LogP contribution in [0.25, 0.3) is 0 Å². The lowest BCUT2D eigenvalue weighted by molar-refractivity contribution is 0.0954. The molecule has 0 spiro atoms. The molecule has 0 saturated carbocycles. The number of anilines is 1. The maximum atomic E-state index is 12.3. The Balaban J connectivity index is 0.00000529. The average Bonchev–Trinajstić information content (AvgIpc) is 2.52. The van der Waals surface area contributed by atoms with Crippen molar-refractivity contribution in [2.24, 2.45) is 0 Å². The Kier molecular flexibility index (Phi) is 10.8. The van der Waals surface area contributed by atoms with Gasteiger partial charge in [0, 0.05) is 40.8 Å². The fraction of sp³-hybridized carbons (Fsp3) is 0.500. The normalized spacial score (nSPS) is 9.83. The number of benzene rings is 1. The fourth-order valence-electron chi connectivity index (χ4n) is 1.84. The SMILES string of the molecule is COCCNCCNC(=O)c1cc(C)ccc1NC(=O)N(C)C.Cl. The molecule has 8 heteroatoms. The molecule has 0 aromatic heterocycles. The van der Waals surface area contributed by atoms with E-state index in [2.05, 4.69) is 16.0 Å². The maximum Gasteiger partial charge on any atom is 0.321 e. The van der Waals surface area contributed by atoms with Gasteiger partial charge in [0.05, 0.1) is 17.9 Å². The van der Waals surface area contributed by atoms with Crippen LogP contribution in [0.1, 0.15) is 15.9 Å². The second-order valence-corrected chi connectivity index (χ2v) is 5.37. The lowest BCUT2D eigenvalue weighted by Gasteiger charge is -2.15. The number of nitrogens with zero attached hydrogens (tertiary/aromatic N) is 1. The maximum absolute atomic E-state index is 12.3. The van der Waals surface area contributed by atoms with Crippen molar-refractivity contribution in [1.82, 2.24) is 15.5 Å². The van der Waals surface area contributed by atoms with Crippen LogP contribution in [0.3, 0.4) is 0 Å². The van der Waals surface area contributed by atoms with Crippen LogP contribution in [0, 0.1) is 6.92 Å². The molecule has 1 aromatic carbocycles. The summed E-state index contributed by atoms with van der Waals surface area (Å²) in [6, 6.07) is 5.08. The van der Waals surface area contributed by atoms with Gasteiger partial charge in [-0.2, -0.15) is 0 Å². The van der Waals surface area contributed by atoms with E-state index in [4.69, 9.17) is 4.74 Å². The third-order valence-electron chi connectivity index (χ3n) is 3.14. The van der Waals surface area contributed by atoms with Gasteiger partial charge in [-0.15, -0.1) is 12.4 Å². The predicted molar refractivity (Wildman–Crippen MR) is 98.2 cm³/mol. The molecule has 0 radical (unpaired) electrons. The van der Waals surface area contributed by atoms with Crippen molar-refractivity contribution in [3.05, 3.63) is 29.3 Å². The molecule has 0 aliphatic rings. The quantitative estimate of drug-likeness (QED) is 0.615. The first-order valence-corrected chi connectivity index (χ1v) is 7.52. The number of carbonyl (C=O) groups excluding carboxylic acids is 2. The Labute approximate surface area is 149 Å². The van der Waals surface area contributed by atoms with Gasteiger partial charge in [0.1, 0.15) is 0 Å². The van der Waals surface area contributed by atoms with Crippen molar-refractivity contribution in [1.29, 1.82) is 0 Å². The van der Waals surface area contributed by atoms with Crippen LogP contribution in [0.4, 0.5) is 10.5 Å². The van der Waals surface area contributed by atoms with Crippen molar-refractivity contribution in [2.45, 2.75) is 6.92 Å². The molecule has 24 heavy (non-hydrogen) atoms. The Morgan fingerprint density at radius 1 is 1.17 bits per heavy atom. The van der Waals surface area contributed by atoms with Gasteiger partial charge in [-0.05, 0) is 19.1 Å². The first-order valence-electron chi connectivity index (χ1n) is 7.52. The number of nitrogens with one attached hydrogen (secondary N) is 3. The van der Waals surface area contributed by atoms with Crippen molar-refractivity contribution in [3.63, 3.8) is 0 Å². The van der Waals surface area contributed by atoms with Gasteiger partial charge in [-0.25, -0.2) is 4.79 Å². The highest BCUT2D eigenvalue weighted by atomic mass is 35.5. The summed E-state index contributed by atoms with van der Waals surface area (Å²) in [7, 11) is 4.94. The summed E-state index contributed by atoms with van der Waals surface area (Å²) in [5, 5.41) is 8.72. The van der Waals surface area contributed by atoms with E-state index in [0.29, 0.717) is 30.9 Å². The zero-order chi connectivity index (χ0) is 17.2. The molecule has 0 aliphatic heterocycles. The van der Waals surface area contributed by atoms with Crippen LogP contribution >= 0.6 is 12.4 Å². The number of carbonyl (C=O) groups is 2. The number of halogens is 1. The zero-order valence-corrected chi connectivity index (χ0v) is 15.5. The molecular formula is C16H27ClN4O3. The molecule has 0 saturated heterocycles. The van der Waals surface area contributed by atoms with Gasteiger partial charge >= 0.3 is 6.03 Å². The highest BCUT2D eigenvalue weighted by molar-refractivity contribution is 6.03. The van der Waals surface area contributed by atoms with Crippen molar-refractivity contribution < 1.29 is 14.3 Å². The van der Waals surface area contributed by atoms with Crippen molar-refractivity contribution in [3.8, 4) is 0 Å². The van der Waals surface area contributed by atoms with Crippen LogP contribution in [0.5, 0.6) is 0 Å².